The van der Waals surface area contributed by atoms with Gasteiger partial charge in [0.15, 0.2) is 5.89 Å². The molecular formula is C14H25N3O. The van der Waals surface area contributed by atoms with Crippen LogP contribution in [0.25, 0.3) is 0 Å². The first-order valence-corrected chi connectivity index (χ1v) is 7.12. The summed E-state index contributed by atoms with van der Waals surface area (Å²) in [6.07, 6.45) is 7.41. The van der Waals surface area contributed by atoms with Crippen molar-refractivity contribution >= 4 is 0 Å². The largest absolute Gasteiger partial charge is 0.449 e. The van der Waals surface area contributed by atoms with Crippen molar-refractivity contribution < 1.29 is 4.42 Å². The number of piperidine rings is 1. The molecule has 0 aliphatic carbocycles. The quantitative estimate of drug-likeness (QED) is 0.869. The van der Waals surface area contributed by atoms with Gasteiger partial charge >= 0.3 is 0 Å². The molecule has 0 saturated carbocycles. The molecule has 2 N–H and O–H groups in total. The van der Waals surface area contributed by atoms with Gasteiger partial charge in [-0.3, -0.25) is 0 Å². The summed E-state index contributed by atoms with van der Waals surface area (Å²) >= 11 is 0. The molecular weight excluding hydrogens is 226 g/mol. The van der Waals surface area contributed by atoms with Gasteiger partial charge in [0.2, 0.25) is 0 Å². The molecule has 2 atom stereocenters. The third-order valence-electron chi connectivity index (χ3n) is 3.70. The van der Waals surface area contributed by atoms with Crippen LogP contribution >= 0.6 is 0 Å². The van der Waals surface area contributed by atoms with Crippen LogP contribution in [0.4, 0.5) is 0 Å². The fourth-order valence-electron chi connectivity index (χ4n) is 2.78. The van der Waals surface area contributed by atoms with Crippen molar-refractivity contribution in [2.75, 3.05) is 13.1 Å². The SMILES string of the molecule is CCN1CCCCC1Cc1nc(CC(C)N)co1. The van der Waals surface area contributed by atoms with Crippen molar-refractivity contribution in [3.8, 4) is 0 Å². The standard InChI is InChI=1S/C14H25N3O/c1-3-17-7-5-4-6-13(17)9-14-16-12(10-18-14)8-11(2)15/h10-11,13H,3-9,15H2,1-2H3. The molecule has 18 heavy (non-hydrogen) atoms. The lowest BCUT2D eigenvalue weighted by Gasteiger charge is -2.34. The minimum Gasteiger partial charge on any atom is -0.449 e. The second kappa shape index (κ2) is 6.34. The zero-order valence-electron chi connectivity index (χ0n) is 11.6. The number of nitrogens with zero attached hydrogens (tertiary/aromatic N) is 2. The number of oxazole rings is 1. The van der Waals surface area contributed by atoms with Gasteiger partial charge in [-0.15, -0.1) is 0 Å². The van der Waals surface area contributed by atoms with Crippen LogP contribution in [-0.4, -0.2) is 35.1 Å². The molecule has 1 aliphatic rings. The lowest BCUT2D eigenvalue weighted by molar-refractivity contribution is 0.149. The maximum absolute atomic E-state index is 5.77. The van der Waals surface area contributed by atoms with E-state index >= 15 is 0 Å². The number of likely N-dealkylation sites (N-methyl/N-ethyl adjacent to an activating group) is 1. The number of aromatic nitrogens is 1. The Morgan fingerprint density at radius 3 is 3.11 bits per heavy atom. The Balaban J connectivity index is 1.93. The number of likely N-dealkylation sites (tertiary alicyclic amines) is 1. The van der Waals surface area contributed by atoms with Crippen LogP contribution in [0.2, 0.25) is 0 Å². The first-order chi connectivity index (χ1) is 8.69. The number of hydrogen-bond acceptors (Lipinski definition) is 4. The molecule has 1 saturated heterocycles. The number of hydrogen-bond donors (Lipinski definition) is 1. The topological polar surface area (TPSA) is 55.3 Å². The van der Waals surface area contributed by atoms with Crippen LogP contribution in [-0.2, 0) is 12.8 Å². The normalized spacial score (nSPS) is 23.2. The van der Waals surface area contributed by atoms with Crippen LogP contribution < -0.4 is 5.73 Å². The average molecular weight is 251 g/mol. The lowest BCUT2D eigenvalue weighted by Crippen LogP contribution is -2.40. The maximum atomic E-state index is 5.77. The van der Waals surface area contributed by atoms with Crippen molar-refractivity contribution in [2.24, 2.45) is 5.73 Å². The highest BCUT2D eigenvalue weighted by Gasteiger charge is 2.23. The Morgan fingerprint density at radius 1 is 1.56 bits per heavy atom. The molecule has 1 aromatic heterocycles. The summed E-state index contributed by atoms with van der Waals surface area (Å²) in [7, 11) is 0. The zero-order chi connectivity index (χ0) is 13.0. The average Bonchev–Trinajstić information content (AvgIpc) is 2.76. The Hall–Kier alpha value is -0.870. The predicted octanol–water partition coefficient (Wildman–Crippen LogP) is 1.98. The van der Waals surface area contributed by atoms with Gasteiger partial charge in [-0.2, -0.15) is 0 Å². The van der Waals surface area contributed by atoms with E-state index in [0.29, 0.717) is 6.04 Å². The van der Waals surface area contributed by atoms with E-state index < -0.39 is 0 Å². The fraction of sp³-hybridized carbons (Fsp3) is 0.786. The van der Waals surface area contributed by atoms with Gasteiger partial charge < -0.3 is 15.1 Å². The first-order valence-electron chi connectivity index (χ1n) is 7.12. The van der Waals surface area contributed by atoms with Crippen molar-refractivity contribution in [1.82, 2.24) is 9.88 Å². The third-order valence-corrected chi connectivity index (χ3v) is 3.70. The van der Waals surface area contributed by atoms with Gasteiger partial charge in [-0.1, -0.05) is 13.3 Å². The second-order valence-corrected chi connectivity index (χ2v) is 5.40. The second-order valence-electron chi connectivity index (χ2n) is 5.40. The highest BCUT2D eigenvalue weighted by atomic mass is 16.3. The van der Waals surface area contributed by atoms with Crippen LogP contribution in [0.15, 0.2) is 10.7 Å². The molecule has 0 spiro atoms. The molecule has 4 nitrogen and oxygen atoms in total. The summed E-state index contributed by atoms with van der Waals surface area (Å²) in [5, 5.41) is 0. The van der Waals surface area contributed by atoms with Crippen LogP contribution in [0.1, 0.15) is 44.7 Å². The van der Waals surface area contributed by atoms with E-state index in [1.165, 1.54) is 25.8 Å². The molecule has 0 bridgehead atoms. The van der Waals surface area contributed by atoms with E-state index in [0.717, 1.165) is 31.0 Å². The van der Waals surface area contributed by atoms with Gasteiger partial charge in [0.05, 0.1) is 5.69 Å². The van der Waals surface area contributed by atoms with Crippen LogP contribution in [0, 0.1) is 0 Å². The van der Waals surface area contributed by atoms with E-state index in [-0.39, 0.29) is 6.04 Å². The Morgan fingerprint density at radius 2 is 2.39 bits per heavy atom. The minimum absolute atomic E-state index is 0.143. The first kappa shape index (κ1) is 13.6. The number of nitrogens with two attached hydrogens (primary N) is 1. The van der Waals surface area contributed by atoms with Gasteiger partial charge in [0.1, 0.15) is 6.26 Å². The summed E-state index contributed by atoms with van der Waals surface area (Å²) in [6, 6.07) is 0.746. The van der Waals surface area contributed by atoms with Crippen LogP contribution in [0.5, 0.6) is 0 Å². The maximum Gasteiger partial charge on any atom is 0.195 e. The highest BCUT2D eigenvalue weighted by Crippen LogP contribution is 2.20. The molecule has 0 amide bonds. The Bertz CT molecular complexity index is 362. The molecule has 2 rings (SSSR count). The van der Waals surface area contributed by atoms with E-state index in [1.54, 1.807) is 6.26 Å². The summed E-state index contributed by atoms with van der Waals surface area (Å²) < 4.78 is 5.57. The Kier molecular flexibility index (Phi) is 4.78. The molecule has 102 valence electrons. The van der Waals surface area contributed by atoms with Crippen molar-refractivity contribution in [3.05, 3.63) is 17.8 Å². The predicted molar refractivity (Wildman–Crippen MR) is 72.4 cm³/mol. The third kappa shape index (κ3) is 3.56. The summed E-state index contributed by atoms with van der Waals surface area (Å²) in [4.78, 5) is 7.08. The molecule has 0 radical (unpaired) electrons. The molecule has 4 heteroatoms. The summed E-state index contributed by atoms with van der Waals surface area (Å²) in [5.74, 6) is 0.871. The van der Waals surface area contributed by atoms with Crippen molar-refractivity contribution in [3.63, 3.8) is 0 Å². The van der Waals surface area contributed by atoms with E-state index in [1.807, 2.05) is 6.92 Å². The Labute approximate surface area is 110 Å². The van der Waals surface area contributed by atoms with Gasteiger partial charge in [0.25, 0.3) is 0 Å². The fourth-order valence-corrected chi connectivity index (χ4v) is 2.78. The lowest BCUT2D eigenvalue weighted by atomic mass is 9.99. The van der Waals surface area contributed by atoms with Gasteiger partial charge in [-0.05, 0) is 32.9 Å². The van der Waals surface area contributed by atoms with E-state index in [9.17, 15) is 0 Å². The molecule has 1 fully saturated rings. The molecule has 2 heterocycles. The van der Waals surface area contributed by atoms with Crippen molar-refractivity contribution in [2.45, 2.75) is 58.0 Å². The molecule has 2 unspecified atom stereocenters. The minimum atomic E-state index is 0.143. The highest BCUT2D eigenvalue weighted by molar-refractivity contribution is 5.00. The summed E-state index contributed by atoms with van der Waals surface area (Å²) in [5.41, 5.74) is 6.76. The van der Waals surface area contributed by atoms with Gasteiger partial charge in [-0.25, -0.2) is 4.98 Å². The van der Waals surface area contributed by atoms with Crippen molar-refractivity contribution in [1.29, 1.82) is 0 Å². The molecule has 1 aromatic rings. The summed E-state index contributed by atoms with van der Waals surface area (Å²) in [6.45, 7) is 6.57. The van der Waals surface area contributed by atoms with Crippen LogP contribution in [0.3, 0.4) is 0 Å². The number of rotatable bonds is 5. The molecule has 0 aromatic carbocycles. The van der Waals surface area contributed by atoms with E-state index in [2.05, 4.69) is 16.8 Å². The molecule has 1 aliphatic heterocycles. The van der Waals surface area contributed by atoms with Gasteiger partial charge in [0, 0.05) is 24.9 Å². The zero-order valence-corrected chi connectivity index (χ0v) is 11.6. The monoisotopic (exact) mass is 251 g/mol. The van der Waals surface area contributed by atoms with E-state index in [4.69, 9.17) is 10.2 Å². The smallest absolute Gasteiger partial charge is 0.195 e.